The van der Waals surface area contributed by atoms with Crippen molar-refractivity contribution in [2.24, 2.45) is 0 Å². The number of ether oxygens (including phenoxy) is 1. The number of benzene rings is 2. The summed E-state index contributed by atoms with van der Waals surface area (Å²) in [4.78, 5) is 0. The van der Waals surface area contributed by atoms with Gasteiger partial charge in [0.2, 0.25) is 0 Å². The van der Waals surface area contributed by atoms with Crippen LogP contribution in [0.15, 0.2) is 36.4 Å². The van der Waals surface area contributed by atoms with Crippen molar-refractivity contribution < 1.29 is 23.7 Å². The maximum atomic E-state index is 13.2. The fraction of sp³-hybridized carbons (Fsp3) is 0.294. The van der Waals surface area contributed by atoms with Crippen LogP contribution in [-0.2, 0) is 0 Å². The van der Waals surface area contributed by atoms with E-state index in [4.69, 9.17) is 4.74 Å². The first-order chi connectivity index (χ1) is 10.9. The van der Waals surface area contributed by atoms with Crippen molar-refractivity contribution in [2.45, 2.75) is 19.1 Å². The number of aliphatic hydroxyl groups is 1. The number of nitrogens with one attached hydrogen (secondary N) is 1. The number of halogens is 2. The zero-order valence-electron chi connectivity index (χ0n) is 12.9. The summed E-state index contributed by atoms with van der Waals surface area (Å²) in [7, 11) is 1.53. The quantitative estimate of drug-likeness (QED) is 0.764. The number of rotatable bonds is 6. The van der Waals surface area contributed by atoms with Gasteiger partial charge in [0.05, 0.1) is 13.2 Å². The normalized spacial score (nSPS) is 13.6. The lowest BCUT2D eigenvalue weighted by Gasteiger charge is -2.19. The second kappa shape index (κ2) is 7.39. The van der Waals surface area contributed by atoms with Gasteiger partial charge in [-0.2, -0.15) is 0 Å². The number of aromatic hydroxyl groups is 1. The van der Waals surface area contributed by atoms with Crippen molar-refractivity contribution in [1.82, 2.24) is 5.32 Å². The molecular formula is C17H19F2NO3. The Kier molecular flexibility index (Phi) is 5.52. The zero-order chi connectivity index (χ0) is 17.0. The summed E-state index contributed by atoms with van der Waals surface area (Å²) in [5.41, 5.74) is 0.889. The summed E-state index contributed by atoms with van der Waals surface area (Å²) in [6, 6.07) is 7.86. The number of phenols is 1. The molecule has 0 aliphatic carbocycles. The molecule has 0 aliphatic heterocycles. The van der Waals surface area contributed by atoms with Gasteiger partial charge in [0.25, 0.3) is 0 Å². The molecular weight excluding hydrogens is 304 g/mol. The number of hydrogen-bond donors (Lipinski definition) is 3. The Morgan fingerprint density at radius 3 is 2.52 bits per heavy atom. The van der Waals surface area contributed by atoms with Crippen LogP contribution in [0.4, 0.5) is 8.78 Å². The van der Waals surface area contributed by atoms with Gasteiger partial charge >= 0.3 is 0 Å². The van der Waals surface area contributed by atoms with Gasteiger partial charge in [-0.05, 0) is 42.8 Å². The van der Waals surface area contributed by atoms with Crippen LogP contribution in [0, 0.1) is 11.6 Å². The van der Waals surface area contributed by atoms with Crippen LogP contribution in [0.1, 0.15) is 30.2 Å². The third kappa shape index (κ3) is 4.18. The molecule has 0 aliphatic rings. The Morgan fingerprint density at radius 1 is 1.13 bits per heavy atom. The van der Waals surface area contributed by atoms with E-state index in [-0.39, 0.29) is 23.9 Å². The van der Waals surface area contributed by atoms with Crippen LogP contribution in [0.25, 0.3) is 0 Å². The Hall–Kier alpha value is -2.18. The van der Waals surface area contributed by atoms with Crippen LogP contribution in [0.5, 0.6) is 11.5 Å². The Balaban J connectivity index is 2.03. The fourth-order valence-electron chi connectivity index (χ4n) is 2.24. The summed E-state index contributed by atoms with van der Waals surface area (Å²) in [5, 5.41) is 23.0. The van der Waals surface area contributed by atoms with Crippen LogP contribution >= 0.6 is 0 Å². The van der Waals surface area contributed by atoms with Gasteiger partial charge in [0.15, 0.2) is 11.6 Å². The van der Waals surface area contributed by atoms with Crippen molar-refractivity contribution >= 4 is 0 Å². The van der Waals surface area contributed by atoms with Gasteiger partial charge in [0, 0.05) is 18.2 Å². The molecule has 2 atom stereocenters. The number of aliphatic hydroxyl groups excluding tert-OH is 1. The van der Waals surface area contributed by atoms with Crippen molar-refractivity contribution in [2.75, 3.05) is 13.7 Å². The van der Waals surface area contributed by atoms with Gasteiger partial charge < -0.3 is 20.3 Å². The maximum absolute atomic E-state index is 13.2. The summed E-state index contributed by atoms with van der Waals surface area (Å²) < 4.78 is 31.2. The lowest BCUT2D eigenvalue weighted by atomic mass is 10.1. The first-order valence-corrected chi connectivity index (χ1v) is 7.15. The molecule has 0 aromatic heterocycles. The second-order valence-corrected chi connectivity index (χ2v) is 5.24. The Labute approximate surface area is 133 Å². The van der Waals surface area contributed by atoms with Gasteiger partial charge in [-0.3, -0.25) is 0 Å². The van der Waals surface area contributed by atoms with Crippen LogP contribution < -0.4 is 10.1 Å². The highest BCUT2D eigenvalue weighted by Crippen LogP contribution is 2.28. The minimum atomic E-state index is -1.000. The largest absolute Gasteiger partial charge is 0.508 e. The van der Waals surface area contributed by atoms with E-state index in [1.54, 1.807) is 12.1 Å². The van der Waals surface area contributed by atoms with E-state index in [0.29, 0.717) is 11.3 Å². The fourth-order valence-corrected chi connectivity index (χ4v) is 2.24. The average molecular weight is 323 g/mol. The number of hydrogen-bond acceptors (Lipinski definition) is 4. The minimum Gasteiger partial charge on any atom is -0.508 e. The first-order valence-electron chi connectivity index (χ1n) is 7.15. The van der Waals surface area contributed by atoms with E-state index in [9.17, 15) is 19.0 Å². The number of methoxy groups -OCH3 is 1. The smallest absolute Gasteiger partial charge is 0.159 e. The second-order valence-electron chi connectivity index (χ2n) is 5.24. The van der Waals surface area contributed by atoms with Crippen molar-refractivity contribution in [3.8, 4) is 11.5 Å². The van der Waals surface area contributed by atoms with E-state index in [1.165, 1.54) is 19.2 Å². The predicted molar refractivity (Wildman–Crippen MR) is 82.4 cm³/mol. The van der Waals surface area contributed by atoms with Gasteiger partial charge in [-0.15, -0.1) is 0 Å². The molecule has 4 nitrogen and oxygen atoms in total. The van der Waals surface area contributed by atoms with Crippen LogP contribution in [0.3, 0.4) is 0 Å². The Bertz CT molecular complexity index is 679. The lowest BCUT2D eigenvalue weighted by molar-refractivity contribution is 0.170. The molecule has 2 rings (SSSR count). The highest BCUT2D eigenvalue weighted by molar-refractivity contribution is 5.41. The molecule has 0 amide bonds. The van der Waals surface area contributed by atoms with E-state index in [2.05, 4.69) is 5.32 Å². The SMILES string of the molecule is COc1ccc(O)c(C(C)NCC(O)c2ccc(F)c(F)c2)c1. The highest BCUT2D eigenvalue weighted by atomic mass is 19.2. The molecule has 0 bridgehead atoms. The van der Waals surface area contributed by atoms with E-state index >= 15 is 0 Å². The first kappa shape index (κ1) is 17.2. The highest BCUT2D eigenvalue weighted by Gasteiger charge is 2.15. The molecule has 2 aromatic carbocycles. The summed E-state index contributed by atoms with van der Waals surface area (Å²) in [6.45, 7) is 1.93. The molecule has 23 heavy (non-hydrogen) atoms. The third-order valence-electron chi connectivity index (χ3n) is 3.65. The molecule has 6 heteroatoms. The summed E-state index contributed by atoms with van der Waals surface area (Å²) >= 11 is 0. The predicted octanol–water partition coefficient (Wildman–Crippen LogP) is 3.06. The summed E-state index contributed by atoms with van der Waals surface area (Å²) in [5.74, 6) is -1.25. The maximum Gasteiger partial charge on any atom is 0.159 e. The minimum absolute atomic E-state index is 0.105. The molecule has 2 aromatic rings. The average Bonchev–Trinajstić information content (AvgIpc) is 2.55. The molecule has 0 spiro atoms. The zero-order valence-corrected chi connectivity index (χ0v) is 12.9. The van der Waals surface area contributed by atoms with E-state index in [0.717, 1.165) is 12.1 Å². The molecule has 2 unspecified atom stereocenters. The van der Waals surface area contributed by atoms with Gasteiger partial charge in [-0.25, -0.2) is 8.78 Å². The standard InChI is InChI=1S/C17H19F2NO3/c1-10(13-8-12(23-2)4-6-16(13)21)20-9-17(22)11-3-5-14(18)15(19)7-11/h3-8,10,17,20-22H,9H2,1-2H3. The van der Waals surface area contributed by atoms with Gasteiger partial charge in [-0.1, -0.05) is 6.07 Å². The van der Waals surface area contributed by atoms with Crippen molar-refractivity contribution in [1.29, 1.82) is 0 Å². The van der Waals surface area contributed by atoms with E-state index in [1.807, 2.05) is 6.92 Å². The van der Waals surface area contributed by atoms with Crippen LogP contribution in [-0.4, -0.2) is 23.9 Å². The molecule has 3 N–H and O–H groups in total. The van der Waals surface area contributed by atoms with E-state index < -0.39 is 17.7 Å². The van der Waals surface area contributed by atoms with Gasteiger partial charge in [0.1, 0.15) is 11.5 Å². The van der Waals surface area contributed by atoms with Crippen LogP contribution in [0.2, 0.25) is 0 Å². The number of phenolic OH excluding ortho intramolecular Hbond substituents is 1. The van der Waals surface area contributed by atoms with Crippen molar-refractivity contribution in [3.05, 3.63) is 59.2 Å². The van der Waals surface area contributed by atoms with Crippen molar-refractivity contribution in [3.63, 3.8) is 0 Å². The topological polar surface area (TPSA) is 61.7 Å². The Morgan fingerprint density at radius 2 is 1.87 bits per heavy atom. The lowest BCUT2D eigenvalue weighted by Crippen LogP contribution is -2.25. The third-order valence-corrected chi connectivity index (χ3v) is 3.65. The summed E-state index contributed by atoms with van der Waals surface area (Å²) in [6.07, 6.45) is -1.000. The molecule has 0 saturated carbocycles. The molecule has 0 heterocycles. The molecule has 0 fully saturated rings. The molecule has 0 radical (unpaired) electrons. The monoisotopic (exact) mass is 323 g/mol. The molecule has 0 saturated heterocycles. The molecule has 124 valence electrons.